The first-order valence-electron chi connectivity index (χ1n) is 8.36. The Kier molecular flexibility index (Phi) is 4.10. The highest BCUT2D eigenvalue weighted by molar-refractivity contribution is 7.18. The Bertz CT molecular complexity index is 1190. The van der Waals surface area contributed by atoms with E-state index in [2.05, 4.69) is 25.4 Å². The highest BCUT2D eigenvalue weighted by Gasteiger charge is 2.34. The average molecular weight is 420 g/mol. The monoisotopic (exact) mass is 420 g/mol. The summed E-state index contributed by atoms with van der Waals surface area (Å²) in [4.78, 5) is 21.8. The fourth-order valence-electron chi connectivity index (χ4n) is 2.85. The van der Waals surface area contributed by atoms with Crippen LogP contribution in [0.1, 0.15) is 16.0 Å². The number of nitrogens with one attached hydrogen (secondary N) is 1. The quantitative estimate of drug-likeness (QED) is 0.504. The van der Waals surface area contributed by atoms with Gasteiger partial charge in [-0.05, 0) is 17.7 Å². The van der Waals surface area contributed by atoms with Crippen molar-refractivity contribution in [3.63, 3.8) is 0 Å². The van der Waals surface area contributed by atoms with Gasteiger partial charge >= 0.3 is 6.18 Å². The predicted molar refractivity (Wildman–Crippen MR) is 96.5 cm³/mol. The summed E-state index contributed by atoms with van der Waals surface area (Å²) >= 11 is 0.554. The summed E-state index contributed by atoms with van der Waals surface area (Å²) in [6, 6.07) is 6.62. The number of halogens is 3. The molecule has 0 radical (unpaired) electrons. The molecule has 4 aromatic rings. The van der Waals surface area contributed by atoms with Crippen molar-refractivity contribution in [2.24, 2.45) is 0 Å². The lowest BCUT2D eigenvalue weighted by Crippen LogP contribution is -2.07. The Morgan fingerprint density at radius 2 is 2.10 bits per heavy atom. The minimum atomic E-state index is -4.46. The molecule has 0 saturated heterocycles. The van der Waals surface area contributed by atoms with Crippen molar-refractivity contribution in [3.8, 4) is 11.7 Å². The molecule has 1 aliphatic rings. The van der Waals surface area contributed by atoms with Crippen molar-refractivity contribution in [3.05, 3.63) is 52.9 Å². The second-order valence-corrected chi connectivity index (χ2v) is 7.21. The minimum Gasteiger partial charge on any atom is -0.365 e. The van der Waals surface area contributed by atoms with E-state index in [1.54, 1.807) is 6.07 Å². The molecule has 0 spiro atoms. The molecule has 0 saturated carbocycles. The van der Waals surface area contributed by atoms with Crippen molar-refractivity contribution in [2.75, 3.05) is 5.32 Å². The van der Waals surface area contributed by atoms with Crippen LogP contribution in [0.2, 0.25) is 0 Å². The molecular weight excluding hydrogens is 409 g/mol. The number of anilines is 1. The Morgan fingerprint density at radius 3 is 2.90 bits per heavy atom. The Balaban J connectivity index is 1.53. The molecule has 148 valence electrons. The van der Waals surface area contributed by atoms with Gasteiger partial charge in [0.25, 0.3) is 5.95 Å². The summed E-state index contributed by atoms with van der Waals surface area (Å²) in [5.74, 6) is 1.01. The first-order chi connectivity index (χ1) is 14.0. The molecular formula is C17H11F3N6O2S. The summed E-state index contributed by atoms with van der Waals surface area (Å²) in [7, 11) is 0. The molecule has 0 fully saturated rings. The first-order valence-corrected chi connectivity index (χ1v) is 9.18. The maximum atomic E-state index is 13.2. The van der Waals surface area contributed by atoms with Gasteiger partial charge < -0.3 is 10.2 Å². The Hall–Kier alpha value is -3.25. The van der Waals surface area contributed by atoms with Gasteiger partial charge in [-0.2, -0.15) is 37.8 Å². The third kappa shape index (κ3) is 3.36. The van der Waals surface area contributed by atoms with E-state index in [0.29, 0.717) is 30.2 Å². The molecule has 0 atom stereocenters. The SMILES string of the molecule is FC(F)(F)c1cc2c(NCc3ccc4c(c3)OOC4)nc(-n3cncn3)nc2s1. The van der Waals surface area contributed by atoms with E-state index < -0.39 is 11.1 Å². The van der Waals surface area contributed by atoms with Crippen LogP contribution in [-0.4, -0.2) is 24.7 Å². The number of alkyl halides is 3. The number of rotatable bonds is 4. The highest BCUT2D eigenvalue weighted by atomic mass is 32.1. The van der Waals surface area contributed by atoms with Crippen LogP contribution in [0, 0.1) is 0 Å². The van der Waals surface area contributed by atoms with Crippen LogP contribution in [0.25, 0.3) is 16.2 Å². The van der Waals surface area contributed by atoms with Gasteiger partial charge in [0, 0.05) is 12.1 Å². The van der Waals surface area contributed by atoms with Gasteiger partial charge in [0.15, 0.2) is 5.75 Å². The predicted octanol–water partition coefficient (Wildman–Crippen LogP) is 3.73. The minimum absolute atomic E-state index is 0.124. The lowest BCUT2D eigenvalue weighted by Gasteiger charge is -2.09. The summed E-state index contributed by atoms with van der Waals surface area (Å²) in [5.41, 5.74) is 1.79. The Morgan fingerprint density at radius 1 is 1.21 bits per heavy atom. The number of fused-ring (bicyclic) bond motifs is 2. The molecule has 12 heteroatoms. The van der Waals surface area contributed by atoms with Gasteiger partial charge in [-0.15, -0.1) is 11.3 Å². The molecule has 0 amide bonds. The van der Waals surface area contributed by atoms with Crippen LogP contribution >= 0.6 is 11.3 Å². The standard InChI is InChI=1S/C17H11F3N6O2S/c18-17(19,20)13-4-11-14(22-5-9-1-2-10-6-27-28-12(10)3-9)24-16(25-15(11)29-13)26-8-21-7-23-26/h1-4,7-8H,5-6H2,(H,22,24,25). The van der Waals surface area contributed by atoms with Crippen molar-refractivity contribution >= 4 is 27.4 Å². The van der Waals surface area contributed by atoms with E-state index in [1.807, 2.05) is 12.1 Å². The van der Waals surface area contributed by atoms with E-state index in [-0.39, 0.29) is 22.0 Å². The molecule has 0 unspecified atom stereocenters. The lowest BCUT2D eigenvalue weighted by molar-refractivity contribution is -0.194. The van der Waals surface area contributed by atoms with Crippen LogP contribution in [0.15, 0.2) is 36.9 Å². The molecule has 5 rings (SSSR count). The van der Waals surface area contributed by atoms with Crippen LogP contribution in [0.4, 0.5) is 19.0 Å². The van der Waals surface area contributed by atoms with Gasteiger partial charge in [0.2, 0.25) is 0 Å². The van der Waals surface area contributed by atoms with Gasteiger partial charge in [-0.25, -0.2) is 4.98 Å². The van der Waals surface area contributed by atoms with E-state index in [0.717, 1.165) is 17.2 Å². The maximum Gasteiger partial charge on any atom is 0.425 e. The van der Waals surface area contributed by atoms with E-state index in [4.69, 9.17) is 9.78 Å². The summed E-state index contributed by atoms with van der Waals surface area (Å²) in [5, 5.41) is 7.33. The molecule has 8 nitrogen and oxygen atoms in total. The summed E-state index contributed by atoms with van der Waals surface area (Å²) in [6.45, 7) is 0.697. The smallest absolute Gasteiger partial charge is 0.365 e. The maximum absolute atomic E-state index is 13.2. The van der Waals surface area contributed by atoms with Crippen LogP contribution in [0.5, 0.6) is 5.75 Å². The van der Waals surface area contributed by atoms with Crippen molar-refractivity contribution in [2.45, 2.75) is 19.3 Å². The number of nitrogens with zero attached hydrogens (tertiary/aromatic N) is 5. The van der Waals surface area contributed by atoms with Crippen molar-refractivity contribution < 1.29 is 22.9 Å². The largest absolute Gasteiger partial charge is 0.425 e. The fraction of sp³-hybridized carbons (Fsp3) is 0.176. The fourth-order valence-corrected chi connectivity index (χ4v) is 3.74. The zero-order valence-electron chi connectivity index (χ0n) is 14.5. The average Bonchev–Trinajstić information content (AvgIpc) is 3.44. The van der Waals surface area contributed by atoms with Gasteiger partial charge in [0.05, 0.1) is 5.39 Å². The number of thiophene rings is 1. The highest BCUT2D eigenvalue weighted by Crippen LogP contribution is 2.39. The summed E-state index contributed by atoms with van der Waals surface area (Å²) < 4.78 is 40.9. The lowest BCUT2D eigenvalue weighted by atomic mass is 10.1. The number of aromatic nitrogens is 5. The van der Waals surface area contributed by atoms with E-state index in [9.17, 15) is 13.2 Å². The van der Waals surface area contributed by atoms with E-state index in [1.165, 1.54) is 17.3 Å². The second-order valence-electron chi connectivity index (χ2n) is 6.18. The number of hydrogen-bond acceptors (Lipinski definition) is 8. The van der Waals surface area contributed by atoms with Crippen LogP contribution in [0.3, 0.4) is 0 Å². The van der Waals surface area contributed by atoms with Gasteiger partial charge in [-0.3, -0.25) is 0 Å². The Labute approximate surface area is 164 Å². The summed E-state index contributed by atoms with van der Waals surface area (Å²) in [6.07, 6.45) is -1.79. The number of benzene rings is 1. The van der Waals surface area contributed by atoms with Crippen LogP contribution < -0.4 is 10.2 Å². The normalized spacial score (nSPS) is 13.5. The zero-order valence-corrected chi connectivity index (χ0v) is 15.3. The van der Waals surface area contributed by atoms with Crippen molar-refractivity contribution in [1.29, 1.82) is 0 Å². The van der Waals surface area contributed by atoms with Gasteiger partial charge in [-0.1, -0.05) is 12.1 Å². The topological polar surface area (TPSA) is 87.0 Å². The zero-order chi connectivity index (χ0) is 20.0. The molecule has 29 heavy (non-hydrogen) atoms. The third-order valence-corrected chi connectivity index (χ3v) is 5.31. The second kappa shape index (κ2) is 6.67. The van der Waals surface area contributed by atoms with E-state index >= 15 is 0 Å². The van der Waals surface area contributed by atoms with Crippen molar-refractivity contribution in [1.82, 2.24) is 24.7 Å². The molecule has 4 heterocycles. The number of hydrogen-bond donors (Lipinski definition) is 1. The molecule has 3 aromatic heterocycles. The third-order valence-electron chi connectivity index (χ3n) is 4.24. The van der Waals surface area contributed by atoms with Gasteiger partial charge in [0.1, 0.15) is 34.8 Å². The molecule has 0 aliphatic carbocycles. The molecule has 1 N–H and O–H groups in total. The molecule has 0 bridgehead atoms. The molecule has 1 aliphatic heterocycles. The van der Waals surface area contributed by atoms with Crippen LogP contribution in [-0.2, 0) is 24.2 Å². The molecule has 1 aromatic carbocycles. The first kappa shape index (κ1) is 17.8.